The normalized spacial score (nSPS) is 10.9. The lowest BCUT2D eigenvalue weighted by Gasteiger charge is -2.01. The molecule has 1 heterocycles. The molecule has 3 aromatic rings. The second-order valence-electron chi connectivity index (χ2n) is 4.06. The first-order valence-corrected chi connectivity index (χ1v) is 6.85. The Morgan fingerprint density at radius 3 is 2.56 bits per heavy atom. The molecule has 0 saturated heterocycles. The summed E-state index contributed by atoms with van der Waals surface area (Å²) in [7, 11) is 0. The van der Waals surface area contributed by atoms with E-state index in [1.807, 2.05) is 0 Å². The lowest BCUT2D eigenvalue weighted by Crippen LogP contribution is -1.76. The van der Waals surface area contributed by atoms with E-state index in [9.17, 15) is 5.11 Å². The molecular formula is C15H12O2S. The molecule has 1 aromatic heterocycles. The van der Waals surface area contributed by atoms with Gasteiger partial charge < -0.3 is 9.52 Å². The van der Waals surface area contributed by atoms with E-state index in [1.165, 1.54) is 4.90 Å². The van der Waals surface area contributed by atoms with Gasteiger partial charge in [0.2, 0.25) is 0 Å². The van der Waals surface area contributed by atoms with E-state index in [-0.39, 0.29) is 5.75 Å². The number of aromatic hydroxyl groups is 1. The summed E-state index contributed by atoms with van der Waals surface area (Å²) in [4.78, 5) is 1.23. The standard InChI is InChI=1S/C15H12O2S/c1-18-12-5-2-10(3-6-12)14-9-17-15-7-4-11(16)8-13(14)15/h2-9,16H,1H3. The maximum atomic E-state index is 9.56. The Balaban J connectivity index is 2.15. The Labute approximate surface area is 109 Å². The van der Waals surface area contributed by atoms with Crippen molar-refractivity contribution in [3.8, 4) is 16.9 Å². The van der Waals surface area contributed by atoms with E-state index in [2.05, 4.69) is 30.5 Å². The third-order valence-corrected chi connectivity index (χ3v) is 3.70. The third-order valence-electron chi connectivity index (χ3n) is 2.96. The van der Waals surface area contributed by atoms with Crippen molar-refractivity contribution in [3.63, 3.8) is 0 Å². The summed E-state index contributed by atoms with van der Waals surface area (Å²) >= 11 is 1.72. The van der Waals surface area contributed by atoms with Crippen LogP contribution in [0.1, 0.15) is 0 Å². The predicted octanol–water partition coefficient (Wildman–Crippen LogP) is 4.53. The fraction of sp³-hybridized carbons (Fsp3) is 0.0667. The van der Waals surface area contributed by atoms with Crippen LogP contribution >= 0.6 is 11.8 Å². The fourth-order valence-corrected chi connectivity index (χ4v) is 2.42. The van der Waals surface area contributed by atoms with E-state index in [1.54, 1.807) is 36.2 Å². The Morgan fingerprint density at radius 1 is 1.06 bits per heavy atom. The van der Waals surface area contributed by atoms with Crippen LogP contribution in [-0.2, 0) is 0 Å². The van der Waals surface area contributed by atoms with Crippen LogP contribution in [0.15, 0.2) is 58.0 Å². The van der Waals surface area contributed by atoms with Crippen molar-refractivity contribution in [1.29, 1.82) is 0 Å². The zero-order chi connectivity index (χ0) is 12.5. The zero-order valence-electron chi connectivity index (χ0n) is 9.88. The van der Waals surface area contributed by atoms with Gasteiger partial charge >= 0.3 is 0 Å². The molecule has 0 saturated carbocycles. The number of furan rings is 1. The molecular weight excluding hydrogens is 244 g/mol. The van der Waals surface area contributed by atoms with Crippen molar-refractivity contribution in [2.24, 2.45) is 0 Å². The highest BCUT2D eigenvalue weighted by Crippen LogP contribution is 2.33. The zero-order valence-corrected chi connectivity index (χ0v) is 10.7. The van der Waals surface area contributed by atoms with Gasteiger partial charge in [0.25, 0.3) is 0 Å². The Hall–Kier alpha value is -1.87. The van der Waals surface area contributed by atoms with Crippen molar-refractivity contribution in [2.75, 3.05) is 6.26 Å². The van der Waals surface area contributed by atoms with Gasteiger partial charge in [-0.15, -0.1) is 11.8 Å². The third kappa shape index (κ3) is 1.87. The van der Waals surface area contributed by atoms with Crippen LogP contribution in [0.25, 0.3) is 22.1 Å². The van der Waals surface area contributed by atoms with Crippen LogP contribution < -0.4 is 0 Å². The maximum Gasteiger partial charge on any atom is 0.134 e. The molecule has 0 unspecified atom stereocenters. The lowest BCUT2D eigenvalue weighted by atomic mass is 10.0. The topological polar surface area (TPSA) is 33.4 Å². The number of phenols is 1. The van der Waals surface area contributed by atoms with Crippen molar-refractivity contribution in [2.45, 2.75) is 4.90 Å². The minimum Gasteiger partial charge on any atom is -0.508 e. The van der Waals surface area contributed by atoms with Gasteiger partial charge in [-0.1, -0.05) is 12.1 Å². The van der Waals surface area contributed by atoms with Crippen LogP contribution in [0.5, 0.6) is 5.75 Å². The Bertz CT molecular complexity index is 683. The van der Waals surface area contributed by atoms with Crippen molar-refractivity contribution >= 4 is 22.7 Å². The maximum absolute atomic E-state index is 9.56. The summed E-state index contributed by atoms with van der Waals surface area (Å²) in [5, 5.41) is 10.5. The molecule has 2 nitrogen and oxygen atoms in total. The number of phenolic OH excluding ortho intramolecular Hbond substituents is 1. The van der Waals surface area contributed by atoms with Gasteiger partial charge in [0.1, 0.15) is 11.3 Å². The molecule has 0 aliphatic rings. The van der Waals surface area contributed by atoms with Gasteiger partial charge in [0, 0.05) is 15.8 Å². The van der Waals surface area contributed by atoms with E-state index in [0.29, 0.717) is 0 Å². The number of rotatable bonds is 2. The largest absolute Gasteiger partial charge is 0.508 e. The minimum absolute atomic E-state index is 0.255. The van der Waals surface area contributed by atoms with Crippen LogP contribution in [0, 0.1) is 0 Å². The van der Waals surface area contributed by atoms with E-state index in [4.69, 9.17) is 4.42 Å². The quantitative estimate of drug-likeness (QED) is 0.684. The molecule has 0 spiro atoms. The lowest BCUT2D eigenvalue weighted by molar-refractivity contribution is 0.476. The summed E-state index contributed by atoms with van der Waals surface area (Å²) in [5.41, 5.74) is 2.89. The number of hydrogen-bond acceptors (Lipinski definition) is 3. The number of fused-ring (bicyclic) bond motifs is 1. The summed E-state index contributed by atoms with van der Waals surface area (Å²) in [5.74, 6) is 0.255. The van der Waals surface area contributed by atoms with Gasteiger partial charge in [-0.3, -0.25) is 0 Å². The Morgan fingerprint density at radius 2 is 1.83 bits per heavy atom. The van der Waals surface area contributed by atoms with Gasteiger partial charge in [-0.05, 0) is 42.2 Å². The molecule has 3 heteroatoms. The molecule has 0 aliphatic carbocycles. The van der Waals surface area contributed by atoms with Crippen LogP contribution in [0.3, 0.4) is 0 Å². The van der Waals surface area contributed by atoms with Gasteiger partial charge in [0.05, 0.1) is 6.26 Å². The molecule has 0 amide bonds. The molecule has 0 atom stereocenters. The smallest absolute Gasteiger partial charge is 0.134 e. The highest BCUT2D eigenvalue weighted by atomic mass is 32.2. The first-order valence-electron chi connectivity index (χ1n) is 5.62. The first-order chi connectivity index (χ1) is 8.78. The molecule has 18 heavy (non-hydrogen) atoms. The van der Waals surface area contributed by atoms with Crippen molar-refractivity contribution < 1.29 is 9.52 Å². The second kappa shape index (κ2) is 4.42. The minimum atomic E-state index is 0.255. The van der Waals surface area contributed by atoms with Crippen LogP contribution in [0.2, 0.25) is 0 Å². The Kier molecular flexibility index (Phi) is 2.76. The predicted molar refractivity (Wildman–Crippen MR) is 75.1 cm³/mol. The summed E-state index contributed by atoms with van der Waals surface area (Å²) < 4.78 is 5.50. The van der Waals surface area contributed by atoms with Crippen molar-refractivity contribution in [1.82, 2.24) is 0 Å². The van der Waals surface area contributed by atoms with Gasteiger partial charge in [-0.25, -0.2) is 0 Å². The second-order valence-corrected chi connectivity index (χ2v) is 4.94. The monoisotopic (exact) mass is 256 g/mol. The van der Waals surface area contributed by atoms with Gasteiger partial charge in [-0.2, -0.15) is 0 Å². The first kappa shape index (κ1) is 11.2. The highest BCUT2D eigenvalue weighted by Gasteiger charge is 2.08. The molecule has 0 bridgehead atoms. The van der Waals surface area contributed by atoms with E-state index < -0.39 is 0 Å². The molecule has 0 radical (unpaired) electrons. The average molecular weight is 256 g/mol. The van der Waals surface area contributed by atoms with Gasteiger partial charge in [0.15, 0.2) is 0 Å². The molecule has 0 fully saturated rings. The summed E-state index contributed by atoms with van der Waals surface area (Å²) in [6.07, 6.45) is 3.79. The van der Waals surface area contributed by atoms with Crippen LogP contribution in [0.4, 0.5) is 0 Å². The molecule has 1 N–H and O–H groups in total. The molecule has 0 aliphatic heterocycles. The molecule has 90 valence electrons. The average Bonchev–Trinajstić information content (AvgIpc) is 2.82. The van der Waals surface area contributed by atoms with E-state index >= 15 is 0 Å². The summed E-state index contributed by atoms with van der Waals surface area (Å²) in [6, 6.07) is 13.5. The highest BCUT2D eigenvalue weighted by molar-refractivity contribution is 7.98. The number of thioether (sulfide) groups is 1. The molecule has 3 rings (SSSR count). The molecule has 2 aromatic carbocycles. The van der Waals surface area contributed by atoms with Crippen molar-refractivity contribution in [3.05, 3.63) is 48.7 Å². The number of hydrogen-bond donors (Lipinski definition) is 1. The number of benzene rings is 2. The van der Waals surface area contributed by atoms with Crippen LogP contribution in [-0.4, -0.2) is 11.4 Å². The summed E-state index contributed by atoms with van der Waals surface area (Å²) in [6.45, 7) is 0. The fourth-order valence-electron chi connectivity index (χ4n) is 2.01. The van der Waals surface area contributed by atoms with E-state index in [0.717, 1.165) is 22.1 Å². The SMILES string of the molecule is CSc1ccc(-c2coc3ccc(O)cc23)cc1.